The summed E-state index contributed by atoms with van der Waals surface area (Å²) < 4.78 is 5.01. The highest BCUT2D eigenvalue weighted by atomic mass is 32.1. The van der Waals surface area contributed by atoms with Gasteiger partial charge < -0.3 is 14.7 Å². The molecule has 1 aliphatic rings. The first kappa shape index (κ1) is 17.2. The molecule has 22 heavy (non-hydrogen) atoms. The molecule has 0 aliphatic heterocycles. The summed E-state index contributed by atoms with van der Waals surface area (Å²) in [5, 5.41) is 15.8. The topological polar surface area (TPSA) is 74.7 Å². The third-order valence-corrected chi connectivity index (χ3v) is 4.78. The maximum Gasteiger partial charge on any atom is 0.323 e. The molecule has 1 heterocycles. The van der Waals surface area contributed by atoms with E-state index in [1.807, 2.05) is 5.38 Å². The molecule has 124 valence electrons. The minimum Gasteiger partial charge on any atom is -0.388 e. The molecule has 0 bridgehead atoms. The summed E-state index contributed by atoms with van der Waals surface area (Å²) in [5.41, 5.74) is 0.0417. The Morgan fingerprint density at radius 2 is 2.14 bits per heavy atom. The number of aromatic nitrogens is 1. The molecule has 2 rings (SSSR count). The number of amides is 2. The Labute approximate surface area is 135 Å². The van der Waals surface area contributed by atoms with Gasteiger partial charge in [-0.25, -0.2) is 9.78 Å². The number of ether oxygens (including phenoxy) is 1. The Balaban J connectivity index is 1.87. The number of aliphatic hydroxyl groups is 1. The number of urea groups is 1. The lowest BCUT2D eigenvalue weighted by Gasteiger charge is -2.31. The molecule has 1 fully saturated rings. The van der Waals surface area contributed by atoms with Crippen molar-refractivity contribution in [3.8, 4) is 0 Å². The van der Waals surface area contributed by atoms with Crippen LogP contribution in [0.25, 0.3) is 0 Å². The summed E-state index contributed by atoms with van der Waals surface area (Å²) in [4.78, 5) is 18.0. The van der Waals surface area contributed by atoms with Crippen LogP contribution in [0.5, 0.6) is 0 Å². The van der Waals surface area contributed by atoms with E-state index in [9.17, 15) is 9.90 Å². The molecule has 2 amide bonds. The second-order valence-corrected chi connectivity index (χ2v) is 6.86. The fraction of sp³-hybridized carbons (Fsp3) is 0.733. The Hall–Kier alpha value is -1.18. The summed E-state index contributed by atoms with van der Waals surface area (Å²) >= 11 is 1.37. The lowest BCUT2D eigenvalue weighted by atomic mass is 9.94. The summed E-state index contributed by atoms with van der Waals surface area (Å²) in [6, 6.07) is -0.240. The number of nitrogens with zero attached hydrogens (tertiary/aromatic N) is 2. The number of thiazole rings is 1. The van der Waals surface area contributed by atoms with E-state index in [4.69, 9.17) is 4.74 Å². The van der Waals surface area contributed by atoms with Crippen LogP contribution in [0.2, 0.25) is 0 Å². The van der Waals surface area contributed by atoms with Crippen LogP contribution in [-0.2, 0) is 11.3 Å². The van der Waals surface area contributed by atoms with Crippen molar-refractivity contribution in [1.82, 2.24) is 9.88 Å². The van der Waals surface area contributed by atoms with Crippen LogP contribution >= 0.6 is 11.3 Å². The number of methoxy groups -OCH3 is 1. The van der Waals surface area contributed by atoms with Crippen molar-refractivity contribution in [1.29, 1.82) is 0 Å². The van der Waals surface area contributed by atoms with Gasteiger partial charge in [-0.05, 0) is 12.8 Å². The van der Waals surface area contributed by atoms with E-state index in [0.717, 1.165) is 31.4 Å². The molecule has 0 radical (unpaired) electrons. The van der Waals surface area contributed by atoms with E-state index >= 15 is 0 Å². The molecule has 0 saturated heterocycles. The quantitative estimate of drug-likeness (QED) is 0.816. The van der Waals surface area contributed by atoms with E-state index in [2.05, 4.69) is 10.3 Å². The van der Waals surface area contributed by atoms with Gasteiger partial charge in [0.05, 0.1) is 24.4 Å². The van der Waals surface area contributed by atoms with Gasteiger partial charge in [-0.3, -0.25) is 5.32 Å². The normalized spacial score (nSPS) is 17.8. The highest BCUT2D eigenvalue weighted by Gasteiger charge is 2.30. The summed E-state index contributed by atoms with van der Waals surface area (Å²) in [7, 11) is 3.32. The number of nitrogens with one attached hydrogen (secondary N) is 1. The van der Waals surface area contributed by atoms with Crippen molar-refractivity contribution in [2.75, 3.05) is 26.0 Å². The molecule has 0 atom stereocenters. The van der Waals surface area contributed by atoms with Crippen LogP contribution in [0, 0.1) is 0 Å². The summed E-state index contributed by atoms with van der Waals surface area (Å²) in [5.74, 6) is 0. The molecule has 2 N–H and O–H groups in total. The van der Waals surface area contributed by atoms with Crippen LogP contribution in [0.1, 0.15) is 44.2 Å². The zero-order valence-electron chi connectivity index (χ0n) is 13.3. The van der Waals surface area contributed by atoms with E-state index in [-0.39, 0.29) is 6.03 Å². The number of likely N-dealkylation sites (N-methyl/N-ethyl adjacent to an activating group) is 1. The first-order valence-corrected chi connectivity index (χ1v) is 8.58. The predicted molar refractivity (Wildman–Crippen MR) is 87.1 cm³/mol. The zero-order valence-corrected chi connectivity index (χ0v) is 14.1. The van der Waals surface area contributed by atoms with Crippen molar-refractivity contribution < 1.29 is 14.6 Å². The summed E-state index contributed by atoms with van der Waals surface area (Å²) in [6.45, 7) is 0.789. The van der Waals surface area contributed by atoms with E-state index < -0.39 is 5.60 Å². The van der Waals surface area contributed by atoms with Gasteiger partial charge in [0.2, 0.25) is 0 Å². The molecular weight excluding hydrogens is 302 g/mol. The Morgan fingerprint density at radius 3 is 2.77 bits per heavy atom. The monoisotopic (exact) mass is 327 g/mol. The van der Waals surface area contributed by atoms with Gasteiger partial charge in [0, 0.05) is 19.5 Å². The van der Waals surface area contributed by atoms with Gasteiger partial charge in [0.25, 0.3) is 0 Å². The van der Waals surface area contributed by atoms with Crippen molar-refractivity contribution in [3.05, 3.63) is 11.1 Å². The van der Waals surface area contributed by atoms with Crippen LogP contribution in [0.3, 0.4) is 0 Å². The molecule has 1 aromatic rings. The zero-order chi connectivity index (χ0) is 16.0. The SMILES string of the molecule is COCc1csc(NC(=O)N(C)CC2(O)CCCCCC2)n1. The van der Waals surface area contributed by atoms with Gasteiger partial charge >= 0.3 is 6.03 Å². The van der Waals surface area contributed by atoms with Crippen LogP contribution in [0.4, 0.5) is 9.93 Å². The predicted octanol–water partition coefficient (Wildman–Crippen LogP) is 2.84. The van der Waals surface area contributed by atoms with Gasteiger partial charge in [0.15, 0.2) is 5.13 Å². The number of anilines is 1. The maximum absolute atomic E-state index is 12.2. The van der Waals surface area contributed by atoms with Crippen molar-refractivity contribution in [3.63, 3.8) is 0 Å². The molecular formula is C15H25N3O3S. The average molecular weight is 327 g/mol. The first-order chi connectivity index (χ1) is 10.5. The highest BCUT2D eigenvalue weighted by Crippen LogP contribution is 2.27. The molecule has 0 unspecified atom stereocenters. The van der Waals surface area contributed by atoms with E-state index in [1.54, 1.807) is 19.1 Å². The third-order valence-electron chi connectivity index (χ3n) is 3.97. The van der Waals surface area contributed by atoms with Crippen LogP contribution in [0.15, 0.2) is 5.38 Å². The lowest BCUT2D eigenvalue weighted by Crippen LogP contribution is -2.45. The van der Waals surface area contributed by atoms with Gasteiger partial charge in [-0.2, -0.15) is 0 Å². The largest absolute Gasteiger partial charge is 0.388 e. The second-order valence-electron chi connectivity index (χ2n) is 6.00. The molecule has 1 saturated carbocycles. The smallest absolute Gasteiger partial charge is 0.323 e. The fourth-order valence-corrected chi connectivity index (χ4v) is 3.51. The minimum atomic E-state index is -0.757. The second kappa shape index (κ2) is 7.89. The molecule has 7 heteroatoms. The number of rotatable bonds is 5. The summed E-state index contributed by atoms with van der Waals surface area (Å²) in [6.07, 6.45) is 5.91. The van der Waals surface area contributed by atoms with Crippen molar-refractivity contribution in [2.45, 2.75) is 50.7 Å². The number of hydrogen-bond donors (Lipinski definition) is 2. The number of carbonyl (C=O) groups is 1. The third kappa shape index (κ3) is 4.93. The molecule has 0 aromatic carbocycles. The molecule has 1 aliphatic carbocycles. The van der Waals surface area contributed by atoms with E-state index in [0.29, 0.717) is 18.3 Å². The standard InChI is InChI=1S/C15H25N3O3S/c1-18(11-15(20)7-5-3-4-6-8-15)14(19)17-13-16-12(9-21-2)10-22-13/h10,20H,3-9,11H2,1-2H3,(H,16,17,19). The Kier molecular flexibility index (Phi) is 6.16. The van der Waals surface area contributed by atoms with Gasteiger partial charge in [0.1, 0.15) is 0 Å². The first-order valence-electron chi connectivity index (χ1n) is 7.70. The maximum atomic E-state index is 12.2. The van der Waals surface area contributed by atoms with Gasteiger partial charge in [-0.15, -0.1) is 11.3 Å². The molecule has 0 spiro atoms. The number of carbonyl (C=O) groups excluding carboxylic acids is 1. The Morgan fingerprint density at radius 1 is 1.45 bits per heavy atom. The lowest BCUT2D eigenvalue weighted by molar-refractivity contribution is 0.00582. The highest BCUT2D eigenvalue weighted by molar-refractivity contribution is 7.13. The van der Waals surface area contributed by atoms with Crippen molar-refractivity contribution in [2.24, 2.45) is 0 Å². The average Bonchev–Trinajstić information content (AvgIpc) is 2.79. The van der Waals surface area contributed by atoms with Crippen LogP contribution < -0.4 is 5.32 Å². The van der Waals surface area contributed by atoms with Crippen molar-refractivity contribution >= 4 is 22.5 Å². The van der Waals surface area contributed by atoms with E-state index in [1.165, 1.54) is 24.2 Å². The fourth-order valence-electron chi connectivity index (χ4n) is 2.82. The molecule has 6 nitrogen and oxygen atoms in total. The number of hydrogen-bond acceptors (Lipinski definition) is 5. The Bertz CT molecular complexity index is 484. The van der Waals surface area contributed by atoms with Gasteiger partial charge in [-0.1, -0.05) is 25.7 Å². The minimum absolute atomic E-state index is 0.240. The van der Waals surface area contributed by atoms with Crippen LogP contribution in [-0.4, -0.2) is 47.3 Å². The molecule has 1 aromatic heterocycles.